The summed E-state index contributed by atoms with van der Waals surface area (Å²) in [6, 6.07) is 4.82. The molecule has 0 bridgehead atoms. The van der Waals surface area contributed by atoms with Crippen LogP contribution in [0.2, 0.25) is 0 Å². The van der Waals surface area contributed by atoms with Gasteiger partial charge in [-0.2, -0.15) is 13.2 Å². The van der Waals surface area contributed by atoms with Crippen LogP contribution in [-0.2, 0) is 23.0 Å². The summed E-state index contributed by atoms with van der Waals surface area (Å²) in [6.07, 6.45) is -4.16. The predicted molar refractivity (Wildman–Crippen MR) is 74.4 cm³/mol. The second kappa shape index (κ2) is 7.24. The first-order chi connectivity index (χ1) is 9.69. The Kier molecular flexibility index (Phi) is 6.18. The maximum absolute atomic E-state index is 12.2. The lowest BCUT2D eigenvalue weighted by Gasteiger charge is -2.14. The molecule has 1 aromatic rings. The molecule has 21 heavy (non-hydrogen) atoms. The molecular formula is C13H19F3N2O2S. The molecule has 0 aromatic heterocycles. The van der Waals surface area contributed by atoms with Crippen LogP contribution < -0.4 is 10.0 Å². The first-order valence-corrected chi connectivity index (χ1v) is 8.07. The zero-order chi connectivity index (χ0) is 16.1. The van der Waals surface area contributed by atoms with Crippen molar-refractivity contribution in [2.45, 2.75) is 37.9 Å². The maximum atomic E-state index is 12.2. The van der Waals surface area contributed by atoms with Gasteiger partial charge in [0.05, 0.1) is 4.90 Å². The van der Waals surface area contributed by atoms with Crippen LogP contribution in [0.4, 0.5) is 13.2 Å². The lowest BCUT2D eigenvalue weighted by atomic mass is 10.1. The topological polar surface area (TPSA) is 58.2 Å². The number of halogens is 3. The average molecular weight is 324 g/mol. The van der Waals surface area contributed by atoms with E-state index in [0.29, 0.717) is 30.6 Å². The molecule has 0 amide bonds. The van der Waals surface area contributed by atoms with Gasteiger partial charge in [-0.15, -0.1) is 0 Å². The van der Waals surface area contributed by atoms with Crippen molar-refractivity contribution in [2.24, 2.45) is 0 Å². The van der Waals surface area contributed by atoms with Crippen LogP contribution in [0.3, 0.4) is 0 Å². The van der Waals surface area contributed by atoms with E-state index in [0.717, 1.165) is 0 Å². The molecule has 0 aliphatic heterocycles. The van der Waals surface area contributed by atoms with Gasteiger partial charge in [-0.25, -0.2) is 13.1 Å². The van der Waals surface area contributed by atoms with E-state index in [-0.39, 0.29) is 4.90 Å². The highest BCUT2D eigenvalue weighted by molar-refractivity contribution is 7.89. The molecule has 0 radical (unpaired) electrons. The average Bonchev–Trinajstić information content (AvgIpc) is 2.42. The number of nitrogens with one attached hydrogen (secondary N) is 2. The van der Waals surface area contributed by atoms with Crippen molar-refractivity contribution in [1.29, 1.82) is 0 Å². The summed E-state index contributed by atoms with van der Waals surface area (Å²) in [5.41, 5.74) is 1.20. The van der Waals surface area contributed by atoms with E-state index in [4.69, 9.17) is 0 Å². The third kappa shape index (κ3) is 5.64. The van der Waals surface area contributed by atoms with Gasteiger partial charge in [0.1, 0.15) is 6.54 Å². The third-order valence-electron chi connectivity index (χ3n) is 2.84. The van der Waals surface area contributed by atoms with Gasteiger partial charge < -0.3 is 5.32 Å². The number of aryl methyl sites for hydroxylation is 1. The smallest absolute Gasteiger partial charge is 0.313 e. The van der Waals surface area contributed by atoms with Gasteiger partial charge in [-0.05, 0) is 30.2 Å². The Hall–Kier alpha value is -1.12. The summed E-state index contributed by atoms with van der Waals surface area (Å²) in [6.45, 7) is 3.26. The van der Waals surface area contributed by atoms with Crippen molar-refractivity contribution in [3.63, 3.8) is 0 Å². The number of rotatable bonds is 7. The molecule has 0 saturated carbocycles. The summed E-state index contributed by atoms with van der Waals surface area (Å²) < 4.78 is 62.3. The molecule has 0 atom stereocenters. The van der Waals surface area contributed by atoms with Crippen molar-refractivity contribution < 1.29 is 21.6 Å². The van der Waals surface area contributed by atoms with Crippen molar-refractivity contribution in [3.05, 3.63) is 29.3 Å². The van der Waals surface area contributed by atoms with Gasteiger partial charge in [0, 0.05) is 6.54 Å². The van der Waals surface area contributed by atoms with Crippen molar-refractivity contribution in [2.75, 3.05) is 13.1 Å². The van der Waals surface area contributed by atoms with E-state index in [1.165, 1.54) is 6.07 Å². The molecule has 0 fully saturated rings. The number of sulfonamides is 1. The molecule has 0 spiro atoms. The molecule has 120 valence electrons. The Labute approximate surface area is 122 Å². The summed E-state index contributed by atoms with van der Waals surface area (Å²) in [5, 5.41) is 3.04. The van der Waals surface area contributed by atoms with Crippen LogP contribution in [0.1, 0.15) is 25.0 Å². The van der Waals surface area contributed by atoms with Crippen molar-refractivity contribution in [3.8, 4) is 0 Å². The standard InChI is InChI=1S/C13H19F3N2O2S/c1-3-11-6-5-10(8-17-4-2)7-12(11)21(19,20)18-9-13(14,15)16/h5-7,17-18H,3-4,8-9H2,1-2H3. The maximum Gasteiger partial charge on any atom is 0.402 e. The molecule has 4 nitrogen and oxygen atoms in total. The van der Waals surface area contributed by atoms with Crippen LogP contribution in [0.15, 0.2) is 23.1 Å². The Morgan fingerprint density at radius 3 is 2.38 bits per heavy atom. The number of hydrogen-bond donors (Lipinski definition) is 2. The van der Waals surface area contributed by atoms with E-state index in [9.17, 15) is 21.6 Å². The Balaban J connectivity index is 3.07. The largest absolute Gasteiger partial charge is 0.402 e. The van der Waals surface area contributed by atoms with Crippen LogP contribution in [0.25, 0.3) is 0 Å². The molecule has 0 unspecified atom stereocenters. The van der Waals surface area contributed by atoms with Gasteiger partial charge in [0.25, 0.3) is 0 Å². The Morgan fingerprint density at radius 1 is 1.19 bits per heavy atom. The molecule has 0 saturated heterocycles. The third-order valence-corrected chi connectivity index (χ3v) is 4.33. The summed E-state index contributed by atoms with van der Waals surface area (Å²) in [4.78, 5) is -0.0929. The quantitative estimate of drug-likeness (QED) is 0.808. The van der Waals surface area contributed by atoms with Crippen LogP contribution in [-0.4, -0.2) is 27.7 Å². The highest BCUT2D eigenvalue weighted by atomic mass is 32.2. The van der Waals surface area contributed by atoms with E-state index < -0.39 is 22.7 Å². The first kappa shape index (κ1) is 17.9. The fraction of sp³-hybridized carbons (Fsp3) is 0.538. The lowest BCUT2D eigenvalue weighted by Crippen LogP contribution is -2.34. The van der Waals surface area contributed by atoms with Gasteiger partial charge in [-0.1, -0.05) is 26.0 Å². The minimum absolute atomic E-state index is 0.0929. The fourth-order valence-corrected chi connectivity index (χ4v) is 3.15. The Bertz CT molecular complexity index is 571. The fourth-order valence-electron chi connectivity index (χ4n) is 1.78. The normalized spacial score (nSPS) is 12.6. The van der Waals surface area contributed by atoms with E-state index >= 15 is 0 Å². The SMILES string of the molecule is CCNCc1ccc(CC)c(S(=O)(=O)NCC(F)(F)F)c1. The van der Waals surface area contributed by atoms with E-state index in [2.05, 4.69) is 5.32 Å². The van der Waals surface area contributed by atoms with Gasteiger partial charge in [0.15, 0.2) is 0 Å². The predicted octanol–water partition coefficient (Wildman–Crippen LogP) is 2.20. The summed E-state index contributed by atoms with van der Waals surface area (Å²) in [7, 11) is -4.18. The Morgan fingerprint density at radius 2 is 1.86 bits per heavy atom. The minimum Gasteiger partial charge on any atom is -0.313 e. The highest BCUT2D eigenvalue weighted by Gasteiger charge is 2.30. The zero-order valence-electron chi connectivity index (χ0n) is 11.9. The lowest BCUT2D eigenvalue weighted by molar-refractivity contribution is -0.121. The molecule has 2 N–H and O–H groups in total. The van der Waals surface area contributed by atoms with Gasteiger partial charge >= 0.3 is 6.18 Å². The molecule has 1 aromatic carbocycles. The van der Waals surface area contributed by atoms with Crippen LogP contribution >= 0.6 is 0 Å². The van der Waals surface area contributed by atoms with Crippen molar-refractivity contribution in [1.82, 2.24) is 10.0 Å². The second-order valence-corrected chi connectivity index (χ2v) is 6.25. The highest BCUT2D eigenvalue weighted by Crippen LogP contribution is 2.20. The molecular weight excluding hydrogens is 305 g/mol. The number of alkyl halides is 3. The second-order valence-electron chi connectivity index (χ2n) is 4.52. The number of benzene rings is 1. The van der Waals surface area contributed by atoms with Gasteiger partial charge in [0.2, 0.25) is 10.0 Å². The van der Waals surface area contributed by atoms with Gasteiger partial charge in [-0.3, -0.25) is 0 Å². The van der Waals surface area contributed by atoms with Crippen LogP contribution in [0.5, 0.6) is 0 Å². The summed E-state index contributed by atoms with van der Waals surface area (Å²) in [5.74, 6) is 0. The monoisotopic (exact) mass is 324 g/mol. The molecule has 0 aliphatic carbocycles. The van der Waals surface area contributed by atoms with E-state index in [1.54, 1.807) is 23.8 Å². The minimum atomic E-state index is -4.58. The zero-order valence-corrected chi connectivity index (χ0v) is 12.7. The molecule has 8 heteroatoms. The van der Waals surface area contributed by atoms with Crippen LogP contribution in [0, 0.1) is 0 Å². The first-order valence-electron chi connectivity index (χ1n) is 6.58. The number of hydrogen-bond acceptors (Lipinski definition) is 3. The molecule has 0 heterocycles. The molecule has 1 rings (SSSR count). The molecule has 0 aliphatic rings. The summed E-state index contributed by atoms with van der Waals surface area (Å²) >= 11 is 0. The van der Waals surface area contributed by atoms with E-state index in [1.807, 2.05) is 6.92 Å². The van der Waals surface area contributed by atoms with Crippen molar-refractivity contribution >= 4 is 10.0 Å².